The Morgan fingerprint density at radius 3 is 2.43 bits per heavy atom. The van der Waals surface area contributed by atoms with Crippen molar-refractivity contribution in [1.29, 1.82) is 0 Å². The highest BCUT2D eigenvalue weighted by molar-refractivity contribution is 7.11. The Morgan fingerprint density at radius 2 is 1.90 bits per heavy atom. The predicted octanol–water partition coefficient (Wildman–Crippen LogP) is 4.25. The Hall–Kier alpha value is -1.39. The molecule has 1 unspecified atom stereocenters. The molecule has 0 fully saturated rings. The molecule has 3 nitrogen and oxygen atoms in total. The summed E-state index contributed by atoms with van der Waals surface area (Å²) < 4.78 is 5.53. The molecule has 2 aromatic rings. The highest BCUT2D eigenvalue weighted by atomic mass is 32.1. The Labute approximate surface area is 131 Å². The highest BCUT2D eigenvalue weighted by Crippen LogP contribution is 2.30. The first-order chi connectivity index (χ1) is 10.2. The SMILES string of the molecule is CCCNC(c1ccc(OCC)cc1)c1sc(C)nc1C. The van der Waals surface area contributed by atoms with E-state index < -0.39 is 0 Å². The van der Waals surface area contributed by atoms with Crippen LogP contribution in [0.1, 0.15) is 47.5 Å². The lowest BCUT2D eigenvalue weighted by atomic mass is 10.0. The zero-order chi connectivity index (χ0) is 15.2. The number of rotatable bonds is 7. The summed E-state index contributed by atoms with van der Waals surface area (Å²) in [6.07, 6.45) is 1.12. The van der Waals surface area contributed by atoms with Crippen molar-refractivity contribution < 1.29 is 4.74 Å². The van der Waals surface area contributed by atoms with Gasteiger partial charge in [-0.3, -0.25) is 0 Å². The molecule has 0 bridgehead atoms. The largest absolute Gasteiger partial charge is 0.494 e. The van der Waals surface area contributed by atoms with Gasteiger partial charge in [0.15, 0.2) is 0 Å². The molecule has 0 amide bonds. The van der Waals surface area contributed by atoms with Gasteiger partial charge in [0.2, 0.25) is 0 Å². The molecule has 0 saturated carbocycles. The minimum absolute atomic E-state index is 0.215. The number of ether oxygens (including phenoxy) is 1. The lowest BCUT2D eigenvalue weighted by Crippen LogP contribution is -2.23. The molecule has 0 aliphatic carbocycles. The molecule has 1 aromatic heterocycles. The highest BCUT2D eigenvalue weighted by Gasteiger charge is 2.18. The smallest absolute Gasteiger partial charge is 0.119 e. The minimum atomic E-state index is 0.215. The average Bonchev–Trinajstić information content (AvgIpc) is 2.80. The van der Waals surface area contributed by atoms with E-state index in [0.717, 1.165) is 29.4 Å². The fourth-order valence-corrected chi connectivity index (χ4v) is 3.42. The first-order valence-corrected chi connectivity index (χ1v) is 8.37. The molecule has 1 N–H and O–H groups in total. The van der Waals surface area contributed by atoms with Crippen LogP contribution in [-0.2, 0) is 0 Å². The number of aryl methyl sites for hydroxylation is 2. The standard InChI is InChI=1S/C17H24N2OS/c1-5-11-18-16(17-12(3)19-13(4)21-17)14-7-9-15(10-8-14)20-6-2/h7-10,16,18H,5-6,11H2,1-4H3. The van der Waals surface area contributed by atoms with E-state index in [2.05, 4.69) is 43.2 Å². The third-order valence-electron chi connectivity index (χ3n) is 3.32. The van der Waals surface area contributed by atoms with Gasteiger partial charge >= 0.3 is 0 Å². The molecule has 0 aliphatic rings. The second-order valence-corrected chi connectivity index (χ2v) is 6.31. The maximum Gasteiger partial charge on any atom is 0.119 e. The minimum Gasteiger partial charge on any atom is -0.494 e. The fraction of sp³-hybridized carbons (Fsp3) is 0.471. The van der Waals surface area contributed by atoms with Crippen LogP contribution in [0.2, 0.25) is 0 Å². The number of thiazole rings is 1. The molecule has 1 aromatic carbocycles. The maximum absolute atomic E-state index is 5.53. The van der Waals surface area contributed by atoms with E-state index in [-0.39, 0.29) is 6.04 Å². The van der Waals surface area contributed by atoms with Gasteiger partial charge in [0, 0.05) is 4.88 Å². The summed E-state index contributed by atoms with van der Waals surface area (Å²) in [5.41, 5.74) is 2.39. The van der Waals surface area contributed by atoms with Gasteiger partial charge < -0.3 is 10.1 Å². The van der Waals surface area contributed by atoms with Crippen LogP contribution in [0.4, 0.5) is 0 Å². The third kappa shape index (κ3) is 4.05. The number of hydrogen-bond donors (Lipinski definition) is 1. The van der Waals surface area contributed by atoms with Crippen molar-refractivity contribution in [2.45, 2.75) is 40.2 Å². The predicted molar refractivity (Wildman–Crippen MR) is 89.3 cm³/mol. The summed E-state index contributed by atoms with van der Waals surface area (Å²) in [5, 5.41) is 4.76. The van der Waals surface area contributed by atoms with Crippen LogP contribution >= 0.6 is 11.3 Å². The topological polar surface area (TPSA) is 34.1 Å². The summed E-state index contributed by atoms with van der Waals surface area (Å²) in [7, 11) is 0. The molecule has 0 aliphatic heterocycles. The average molecular weight is 304 g/mol. The summed E-state index contributed by atoms with van der Waals surface area (Å²) in [6.45, 7) is 10.0. The van der Waals surface area contributed by atoms with Crippen LogP contribution in [0.3, 0.4) is 0 Å². The molecule has 1 atom stereocenters. The molecular formula is C17H24N2OS. The quantitative estimate of drug-likeness (QED) is 0.830. The lowest BCUT2D eigenvalue weighted by molar-refractivity contribution is 0.340. The van der Waals surface area contributed by atoms with Crippen LogP contribution in [0.15, 0.2) is 24.3 Å². The van der Waals surface area contributed by atoms with Gasteiger partial charge in [-0.25, -0.2) is 4.98 Å². The van der Waals surface area contributed by atoms with Gasteiger partial charge in [0.25, 0.3) is 0 Å². The van der Waals surface area contributed by atoms with Crippen molar-refractivity contribution in [2.24, 2.45) is 0 Å². The van der Waals surface area contributed by atoms with Gasteiger partial charge in [-0.15, -0.1) is 11.3 Å². The lowest BCUT2D eigenvalue weighted by Gasteiger charge is -2.18. The van der Waals surface area contributed by atoms with Crippen molar-refractivity contribution in [3.8, 4) is 5.75 Å². The molecule has 21 heavy (non-hydrogen) atoms. The maximum atomic E-state index is 5.53. The molecular weight excluding hydrogens is 280 g/mol. The number of benzene rings is 1. The summed E-state index contributed by atoms with van der Waals surface area (Å²) in [6, 6.07) is 8.59. The monoisotopic (exact) mass is 304 g/mol. The van der Waals surface area contributed by atoms with Crippen LogP contribution in [0, 0.1) is 13.8 Å². The van der Waals surface area contributed by atoms with E-state index in [1.54, 1.807) is 11.3 Å². The molecule has 2 rings (SSSR count). The zero-order valence-corrected chi connectivity index (χ0v) is 14.1. The molecule has 114 valence electrons. The third-order valence-corrected chi connectivity index (χ3v) is 4.46. The molecule has 0 spiro atoms. The second kappa shape index (κ2) is 7.57. The van der Waals surface area contributed by atoms with E-state index in [0.29, 0.717) is 6.61 Å². The van der Waals surface area contributed by atoms with E-state index in [1.807, 2.05) is 19.1 Å². The van der Waals surface area contributed by atoms with Gasteiger partial charge in [0.1, 0.15) is 5.75 Å². The number of aromatic nitrogens is 1. The van der Waals surface area contributed by atoms with Crippen molar-refractivity contribution >= 4 is 11.3 Å². The fourth-order valence-electron chi connectivity index (χ4n) is 2.39. The van der Waals surface area contributed by atoms with Gasteiger partial charge in [0.05, 0.1) is 23.4 Å². The molecule has 0 radical (unpaired) electrons. The van der Waals surface area contributed by atoms with Crippen LogP contribution in [0.25, 0.3) is 0 Å². The number of hydrogen-bond acceptors (Lipinski definition) is 4. The Bertz CT molecular complexity index is 563. The van der Waals surface area contributed by atoms with Crippen LogP contribution in [-0.4, -0.2) is 18.1 Å². The van der Waals surface area contributed by atoms with E-state index in [9.17, 15) is 0 Å². The van der Waals surface area contributed by atoms with Gasteiger partial charge in [-0.1, -0.05) is 19.1 Å². The summed E-state index contributed by atoms with van der Waals surface area (Å²) in [5.74, 6) is 0.924. The van der Waals surface area contributed by atoms with Crippen molar-refractivity contribution in [3.63, 3.8) is 0 Å². The number of nitrogens with zero attached hydrogens (tertiary/aromatic N) is 1. The van der Waals surface area contributed by atoms with Gasteiger partial charge in [-0.2, -0.15) is 0 Å². The number of nitrogens with one attached hydrogen (secondary N) is 1. The van der Waals surface area contributed by atoms with E-state index >= 15 is 0 Å². The van der Waals surface area contributed by atoms with E-state index in [1.165, 1.54) is 10.4 Å². The van der Waals surface area contributed by atoms with Crippen molar-refractivity contribution in [3.05, 3.63) is 45.4 Å². The summed E-state index contributed by atoms with van der Waals surface area (Å²) >= 11 is 1.78. The normalized spacial score (nSPS) is 12.4. The molecule has 0 saturated heterocycles. The summed E-state index contributed by atoms with van der Waals surface area (Å²) in [4.78, 5) is 5.88. The van der Waals surface area contributed by atoms with Crippen LogP contribution < -0.4 is 10.1 Å². The Balaban J connectivity index is 2.28. The molecule has 4 heteroatoms. The van der Waals surface area contributed by atoms with E-state index in [4.69, 9.17) is 4.74 Å². The first kappa shape index (κ1) is 16.0. The molecule has 1 heterocycles. The van der Waals surface area contributed by atoms with Gasteiger partial charge in [-0.05, 0) is 51.4 Å². The second-order valence-electron chi connectivity index (χ2n) is 5.07. The van der Waals surface area contributed by atoms with Crippen molar-refractivity contribution in [1.82, 2.24) is 10.3 Å². The van der Waals surface area contributed by atoms with Crippen LogP contribution in [0.5, 0.6) is 5.75 Å². The zero-order valence-electron chi connectivity index (χ0n) is 13.3. The Kier molecular flexibility index (Phi) is 5.76. The first-order valence-electron chi connectivity index (χ1n) is 7.55. The Morgan fingerprint density at radius 1 is 1.19 bits per heavy atom. The van der Waals surface area contributed by atoms with Crippen molar-refractivity contribution in [2.75, 3.05) is 13.2 Å².